The van der Waals surface area contributed by atoms with Crippen LogP contribution >= 0.6 is 0 Å². The number of pyridine rings is 1. The highest BCUT2D eigenvalue weighted by Gasteiger charge is 2.17. The van der Waals surface area contributed by atoms with Crippen molar-refractivity contribution in [3.63, 3.8) is 0 Å². The van der Waals surface area contributed by atoms with E-state index in [4.69, 9.17) is 0 Å². The molecule has 3 aromatic rings. The fourth-order valence-corrected chi connectivity index (χ4v) is 1.97. The Bertz CT molecular complexity index is 782. The third-order valence-electron chi connectivity index (χ3n) is 2.84. The number of halogens is 3. The summed E-state index contributed by atoms with van der Waals surface area (Å²) in [6.07, 6.45) is 0.252. The van der Waals surface area contributed by atoms with Gasteiger partial charge in [0.25, 0.3) is 6.43 Å². The molecule has 0 unspecified atom stereocenters. The zero-order valence-corrected chi connectivity index (χ0v) is 10.4. The predicted octanol–water partition coefficient (Wildman–Crippen LogP) is 3.18. The molecule has 0 saturated heterocycles. The van der Waals surface area contributed by atoms with E-state index in [1.807, 2.05) is 0 Å². The van der Waals surface area contributed by atoms with E-state index in [9.17, 15) is 13.2 Å². The molecule has 3 aromatic heterocycles. The molecule has 0 spiro atoms. The average Bonchev–Trinajstić information content (AvgIpc) is 2.79. The standard InChI is InChI=1S/C13H9F3N4/c1-7-6-20-13(18-7)8(4-5-17-20)10-3-2-9(14)11(19-10)12(15)16/h2-6,12H,1H3. The number of aryl methyl sites for hydroxylation is 1. The first-order chi connectivity index (χ1) is 9.56. The second-order valence-electron chi connectivity index (χ2n) is 4.26. The van der Waals surface area contributed by atoms with Gasteiger partial charge in [-0.1, -0.05) is 0 Å². The Morgan fingerprint density at radius 3 is 2.70 bits per heavy atom. The molecule has 0 aliphatic heterocycles. The van der Waals surface area contributed by atoms with Crippen LogP contribution in [0.25, 0.3) is 16.9 Å². The van der Waals surface area contributed by atoms with E-state index in [-0.39, 0.29) is 5.69 Å². The monoisotopic (exact) mass is 278 g/mol. The van der Waals surface area contributed by atoms with E-state index < -0.39 is 17.9 Å². The largest absolute Gasteiger partial charge is 0.283 e. The summed E-state index contributed by atoms with van der Waals surface area (Å²) in [5.41, 5.74) is 1.13. The molecule has 4 nitrogen and oxygen atoms in total. The van der Waals surface area contributed by atoms with Crippen molar-refractivity contribution in [1.82, 2.24) is 19.6 Å². The lowest BCUT2D eigenvalue weighted by atomic mass is 10.2. The SMILES string of the molecule is Cc1cn2nccc(-c3ccc(F)c(C(F)F)n3)c2n1. The maximum atomic E-state index is 13.3. The fraction of sp³-hybridized carbons (Fsp3) is 0.154. The van der Waals surface area contributed by atoms with Gasteiger partial charge < -0.3 is 0 Å². The fourth-order valence-electron chi connectivity index (χ4n) is 1.97. The van der Waals surface area contributed by atoms with Crippen molar-refractivity contribution in [1.29, 1.82) is 0 Å². The number of hydrogen-bond donors (Lipinski definition) is 0. The Morgan fingerprint density at radius 1 is 1.15 bits per heavy atom. The van der Waals surface area contributed by atoms with E-state index in [2.05, 4.69) is 15.1 Å². The van der Waals surface area contributed by atoms with Crippen LogP contribution in [0.5, 0.6) is 0 Å². The molecule has 0 bridgehead atoms. The van der Waals surface area contributed by atoms with E-state index >= 15 is 0 Å². The Morgan fingerprint density at radius 2 is 1.95 bits per heavy atom. The van der Waals surface area contributed by atoms with Crippen LogP contribution in [-0.4, -0.2) is 19.6 Å². The van der Waals surface area contributed by atoms with Gasteiger partial charge in [0.2, 0.25) is 0 Å². The van der Waals surface area contributed by atoms with Gasteiger partial charge >= 0.3 is 0 Å². The maximum Gasteiger partial charge on any atom is 0.283 e. The molecule has 102 valence electrons. The first-order valence-electron chi connectivity index (χ1n) is 5.82. The summed E-state index contributed by atoms with van der Waals surface area (Å²) in [6.45, 7) is 1.79. The van der Waals surface area contributed by atoms with Crippen molar-refractivity contribution in [3.8, 4) is 11.3 Å². The summed E-state index contributed by atoms with van der Waals surface area (Å²) in [5.74, 6) is -1.02. The molecule has 0 aromatic carbocycles. The molecule has 3 rings (SSSR count). The molecule has 0 amide bonds. The number of aromatic nitrogens is 4. The Balaban J connectivity index is 2.23. The van der Waals surface area contributed by atoms with Crippen LogP contribution in [0, 0.1) is 12.7 Å². The van der Waals surface area contributed by atoms with Gasteiger partial charge in [0, 0.05) is 11.8 Å². The van der Waals surface area contributed by atoms with Crippen molar-refractivity contribution in [2.24, 2.45) is 0 Å². The van der Waals surface area contributed by atoms with Crippen LogP contribution in [0.4, 0.5) is 13.2 Å². The van der Waals surface area contributed by atoms with Crippen LogP contribution < -0.4 is 0 Å². The van der Waals surface area contributed by atoms with Crippen LogP contribution in [0.3, 0.4) is 0 Å². The molecule has 0 radical (unpaired) electrons. The second-order valence-corrected chi connectivity index (χ2v) is 4.26. The maximum absolute atomic E-state index is 13.3. The summed E-state index contributed by atoms with van der Waals surface area (Å²) < 4.78 is 40.2. The van der Waals surface area contributed by atoms with Crippen molar-refractivity contribution < 1.29 is 13.2 Å². The first kappa shape index (κ1) is 12.6. The molecule has 0 aliphatic carbocycles. The molecule has 0 saturated carbocycles. The number of nitrogens with zero attached hydrogens (tertiary/aromatic N) is 4. The quantitative estimate of drug-likeness (QED) is 0.723. The third kappa shape index (κ3) is 2.01. The lowest BCUT2D eigenvalue weighted by molar-refractivity contribution is 0.140. The predicted molar refractivity (Wildman–Crippen MR) is 65.9 cm³/mol. The molecule has 0 aliphatic rings. The van der Waals surface area contributed by atoms with Crippen LogP contribution in [0.15, 0.2) is 30.6 Å². The Labute approximate surface area is 111 Å². The molecule has 3 heterocycles. The smallest absolute Gasteiger partial charge is 0.244 e. The van der Waals surface area contributed by atoms with Crippen molar-refractivity contribution in [2.75, 3.05) is 0 Å². The number of rotatable bonds is 2. The minimum Gasteiger partial charge on any atom is -0.244 e. The van der Waals surface area contributed by atoms with E-state index in [0.29, 0.717) is 11.2 Å². The van der Waals surface area contributed by atoms with Gasteiger partial charge in [-0.05, 0) is 25.1 Å². The summed E-state index contributed by atoms with van der Waals surface area (Å²) >= 11 is 0. The molecule has 0 N–H and O–H groups in total. The minimum absolute atomic E-state index is 0.236. The van der Waals surface area contributed by atoms with Gasteiger partial charge in [-0.15, -0.1) is 0 Å². The highest BCUT2D eigenvalue weighted by atomic mass is 19.3. The normalized spacial score (nSPS) is 11.4. The van der Waals surface area contributed by atoms with Crippen LogP contribution in [-0.2, 0) is 0 Å². The number of imidazole rings is 1. The van der Waals surface area contributed by atoms with Gasteiger partial charge in [-0.2, -0.15) is 5.10 Å². The Kier molecular flexibility index (Phi) is 2.89. The molecule has 20 heavy (non-hydrogen) atoms. The van der Waals surface area contributed by atoms with Crippen LogP contribution in [0.2, 0.25) is 0 Å². The van der Waals surface area contributed by atoms with Gasteiger partial charge in [0.15, 0.2) is 11.5 Å². The molecular formula is C13H9F3N4. The zero-order valence-electron chi connectivity index (χ0n) is 10.4. The number of alkyl halides is 2. The summed E-state index contributed by atoms with van der Waals surface area (Å²) in [7, 11) is 0. The van der Waals surface area contributed by atoms with Gasteiger partial charge in [-0.3, -0.25) is 0 Å². The summed E-state index contributed by atoms with van der Waals surface area (Å²) in [6, 6.07) is 3.94. The Hall–Kier alpha value is -2.44. The van der Waals surface area contributed by atoms with Gasteiger partial charge in [0.1, 0.15) is 5.69 Å². The van der Waals surface area contributed by atoms with Crippen molar-refractivity contribution in [2.45, 2.75) is 13.3 Å². The number of fused-ring (bicyclic) bond motifs is 1. The first-order valence-corrected chi connectivity index (χ1v) is 5.82. The van der Waals surface area contributed by atoms with Crippen molar-refractivity contribution >= 4 is 5.65 Å². The van der Waals surface area contributed by atoms with E-state index in [0.717, 1.165) is 11.8 Å². The lowest BCUT2D eigenvalue weighted by Gasteiger charge is -2.06. The average molecular weight is 278 g/mol. The van der Waals surface area contributed by atoms with E-state index in [1.165, 1.54) is 16.8 Å². The zero-order chi connectivity index (χ0) is 14.3. The van der Waals surface area contributed by atoms with E-state index in [1.54, 1.807) is 19.2 Å². The van der Waals surface area contributed by atoms with Gasteiger partial charge in [-0.25, -0.2) is 27.7 Å². The van der Waals surface area contributed by atoms with Crippen molar-refractivity contribution in [3.05, 3.63) is 47.8 Å². The highest BCUT2D eigenvalue weighted by Crippen LogP contribution is 2.26. The molecule has 0 fully saturated rings. The summed E-state index contributed by atoms with van der Waals surface area (Å²) in [4.78, 5) is 7.96. The number of hydrogen-bond acceptors (Lipinski definition) is 3. The molecule has 0 atom stereocenters. The molecule has 7 heteroatoms. The second kappa shape index (κ2) is 4.59. The topological polar surface area (TPSA) is 43.1 Å². The lowest BCUT2D eigenvalue weighted by Crippen LogP contribution is -1.99. The highest BCUT2D eigenvalue weighted by molar-refractivity contribution is 5.74. The minimum atomic E-state index is -2.96. The van der Waals surface area contributed by atoms with Crippen LogP contribution in [0.1, 0.15) is 17.8 Å². The molecular weight excluding hydrogens is 269 g/mol. The third-order valence-corrected chi connectivity index (χ3v) is 2.84. The van der Waals surface area contributed by atoms with Gasteiger partial charge in [0.05, 0.1) is 17.6 Å². The summed E-state index contributed by atoms with van der Waals surface area (Å²) in [5, 5.41) is 4.07.